The van der Waals surface area contributed by atoms with Crippen LogP contribution in [0.2, 0.25) is 0 Å². The van der Waals surface area contributed by atoms with E-state index in [4.69, 9.17) is 14.3 Å². The largest absolute Gasteiger partial charge is 0.328 e. The predicted molar refractivity (Wildman–Crippen MR) is 168 cm³/mol. The van der Waals surface area contributed by atoms with Gasteiger partial charge in [0.25, 0.3) is 0 Å². The Morgan fingerprint density at radius 3 is 1.18 bits per heavy atom. The van der Waals surface area contributed by atoms with Crippen molar-refractivity contribution in [3.63, 3.8) is 0 Å². The highest BCUT2D eigenvalue weighted by molar-refractivity contribution is 9.06. The monoisotopic (exact) mass is 576 g/mol. The lowest BCUT2D eigenvalue weighted by atomic mass is 10.1. The van der Waals surface area contributed by atoms with E-state index in [2.05, 4.69) is 38.3 Å². The first-order chi connectivity index (χ1) is 16.5. The molecule has 0 saturated heterocycles. The molecule has 0 saturated carbocycles. The summed E-state index contributed by atoms with van der Waals surface area (Å²) in [6.45, 7) is 5.01. The molecule has 0 aliphatic heterocycles. The molecule has 0 heterocycles. The predicted octanol–water partition coefficient (Wildman–Crippen LogP) is 11.6. The van der Waals surface area contributed by atoms with Crippen LogP contribution in [-0.4, -0.2) is 22.1 Å². The molecule has 0 spiro atoms. The molecule has 3 nitrogen and oxygen atoms in total. The smallest absolute Gasteiger partial charge is 0.327 e. The minimum Gasteiger partial charge on any atom is -0.328 e. The van der Waals surface area contributed by atoms with E-state index in [0.29, 0.717) is 6.61 Å². The summed E-state index contributed by atoms with van der Waals surface area (Å²) in [5.41, 5.74) is -0.333. The molecule has 0 rings (SSSR count). The van der Waals surface area contributed by atoms with Gasteiger partial charge in [0, 0.05) is 0 Å². The Kier molecular flexibility index (Phi) is 38.8. The van der Waals surface area contributed by atoms with Crippen molar-refractivity contribution < 1.29 is 14.3 Å². The molecule has 0 aliphatic rings. The number of unbranched alkanes of at least 4 members (excludes halogenated alkanes) is 20. The van der Waals surface area contributed by atoms with Gasteiger partial charge < -0.3 is 14.3 Å². The van der Waals surface area contributed by atoms with Gasteiger partial charge in [-0.3, -0.25) is 0 Å². The zero-order chi connectivity index (χ0) is 25.5. The van der Waals surface area contributed by atoms with Gasteiger partial charge in [-0.05, 0) is 18.6 Å². The van der Waals surface area contributed by atoms with Crippen LogP contribution in [0.15, 0.2) is 0 Å². The summed E-state index contributed by atoms with van der Waals surface area (Å²) in [6.07, 6.45) is 29.9. The van der Waals surface area contributed by atoms with Gasteiger partial charge in [-0.25, -0.2) is 0 Å². The van der Waals surface area contributed by atoms with Gasteiger partial charge in [0.2, 0.25) is 0 Å². The zero-order valence-corrected chi connectivity index (χ0v) is 26.9. The maximum atomic E-state index is 8.51. The fourth-order valence-corrected chi connectivity index (χ4v) is 6.96. The fourth-order valence-electron chi connectivity index (χ4n) is 3.82. The Morgan fingerprint density at radius 2 is 0.853 bits per heavy atom. The minimum absolute atomic E-state index is 0.333. The Bertz CT molecular complexity index is 323. The average Bonchev–Trinajstić information content (AvgIpc) is 2.80. The first kappa shape index (κ1) is 37.9. The van der Waals surface area contributed by atoms with Crippen molar-refractivity contribution in [1.29, 1.82) is 0 Å². The Balaban J connectivity index is 0. The van der Waals surface area contributed by atoms with Crippen LogP contribution in [0.25, 0.3) is 0 Å². The van der Waals surface area contributed by atoms with Gasteiger partial charge in [-0.15, -0.1) is 35.9 Å². The third kappa shape index (κ3) is 40.9. The molecular weight excluding hydrogens is 518 g/mol. The van der Waals surface area contributed by atoms with Gasteiger partial charge in [0.05, 0.1) is 12.1 Å². The Labute approximate surface area is 231 Å². The molecule has 2 N–H and O–H groups in total. The summed E-state index contributed by atoms with van der Waals surface area (Å²) in [5.74, 6) is 1.25. The number of rotatable bonds is 26. The van der Waals surface area contributed by atoms with E-state index in [-0.39, 0.29) is 5.53 Å². The Hall–Kier alpha value is 1.79. The average molecular weight is 577 g/mol. The van der Waals surface area contributed by atoms with Crippen LogP contribution in [0.1, 0.15) is 155 Å². The van der Waals surface area contributed by atoms with E-state index in [1.807, 2.05) is 11.4 Å². The van der Waals surface area contributed by atoms with Crippen LogP contribution < -0.4 is 0 Å². The Morgan fingerprint density at radius 1 is 0.529 bits per heavy atom. The molecule has 208 valence electrons. The molecule has 0 atom stereocenters. The van der Waals surface area contributed by atoms with Crippen molar-refractivity contribution >= 4 is 50.0 Å². The highest BCUT2D eigenvalue weighted by Crippen LogP contribution is 2.58. The van der Waals surface area contributed by atoms with Gasteiger partial charge in [0.1, 0.15) is 0 Å². The van der Waals surface area contributed by atoms with Crippen LogP contribution in [0, 0.1) is 0 Å². The molecule has 8 heteroatoms. The van der Waals surface area contributed by atoms with Crippen LogP contribution in [0.3, 0.4) is 0 Å². The van der Waals surface area contributed by atoms with Gasteiger partial charge >= 0.3 is 8.60 Å². The topological polar surface area (TPSA) is 49.7 Å². The minimum atomic E-state index is -2.14. The molecule has 0 aliphatic carbocycles. The lowest BCUT2D eigenvalue weighted by Crippen LogP contribution is -1.89. The maximum Gasteiger partial charge on any atom is 0.327 e. The summed E-state index contributed by atoms with van der Waals surface area (Å²) in [7, 11) is -2.14. The van der Waals surface area contributed by atoms with Crippen molar-refractivity contribution in [3.8, 4) is 0 Å². The highest BCUT2D eigenvalue weighted by atomic mass is 33.3. The van der Waals surface area contributed by atoms with Crippen LogP contribution in [0.4, 0.5) is 0 Å². The van der Waals surface area contributed by atoms with Gasteiger partial charge in [-0.1, -0.05) is 142 Å². The van der Waals surface area contributed by atoms with E-state index in [1.165, 1.54) is 134 Å². The molecule has 0 bridgehead atoms. The van der Waals surface area contributed by atoms with Crippen LogP contribution in [-0.2, 0) is 4.52 Å². The number of thiol groups is 2. The summed E-state index contributed by atoms with van der Waals surface area (Å²) in [5, 5.41) is 0. The SMILES string of the molecule is CCCCCCCCCCCCCOP(O)O.CCCCCCCCCCCCCSP(S)S. The second kappa shape index (κ2) is 34.8. The standard InChI is InChI=1S/C13H29O3P.C13H29PS3/c1-2-3-4-5-6-7-8-9-10-11-12-13-16-17(14)15;1-2-3-4-5-6-7-8-9-10-11-12-13-17-14(15)16/h14-15H,2-13H2,1H3;15-16H,2-13H2,1H3. The third-order valence-corrected chi connectivity index (χ3v) is 10.3. The lowest BCUT2D eigenvalue weighted by molar-refractivity contribution is 0.248. The first-order valence-electron chi connectivity index (χ1n) is 14.2. The molecule has 0 fully saturated rings. The fraction of sp³-hybridized carbons (Fsp3) is 1.00. The first-order valence-corrected chi connectivity index (χ1v) is 20.6. The maximum absolute atomic E-state index is 8.51. The van der Waals surface area contributed by atoms with Crippen molar-refractivity contribution in [2.24, 2.45) is 0 Å². The van der Waals surface area contributed by atoms with E-state index >= 15 is 0 Å². The quantitative estimate of drug-likeness (QED) is 0.0470. The normalized spacial score (nSPS) is 11.3. The zero-order valence-electron chi connectivity index (χ0n) is 22.5. The lowest BCUT2D eigenvalue weighted by Gasteiger charge is -2.04. The van der Waals surface area contributed by atoms with Crippen LogP contribution in [0.5, 0.6) is 0 Å². The molecule has 0 aromatic carbocycles. The molecule has 0 unspecified atom stereocenters. The number of hydrogen-bond donors (Lipinski definition) is 4. The van der Waals surface area contributed by atoms with Gasteiger partial charge in [-0.2, -0.15) is 0 Å². The molecular formula is C26H58O3P2S3. The summed E-state index contributed by atoms with van der Waals surface area (Å²) in [4.78, 5) is 17.0. The van der Waals surface area contributed by atoms with Crippen molar-refractivity contribution in [3.05, 3.63) is 0 Å². The molecule has 0 amide bonds. The van der Waals surface area contributed by atoms with E-state index in [1.54, 1.807) is 0 Å². The molecule has 0 radical (unpaired) electrons. The van der Waals surface area contributed by atoms with Crippen molar-refractivity contribution in [1.82, 2.24) is 0 Å². The van der Waals surface area contributed by atoms with E-state index < -0.39 is 8.60 Å². The molecule has 0 aromatic heterocycles. The highest BCUT2D eigenvalue weighted by Gasteiger charge is 1.98. The third-order valence-electron chi connectivity index (χ3n) is 5.91. The molecule has 0 aromatic rings. The van der Waals surface area contributed by atoms with E-state index in [9.17, 15) is 0 Å². The second-order valence-electron chi connectivity index (χ2n) is 9.24. The van der Waals surface area contributed by atoms with E-state index in [0.717, 1.165) is 12.8 Å². The number of hydrogen-bond acceptors (Lipinski definition) is 6. The van der Waals surface area contributed by atoms with Crippen molar-refractivity contribution in [2.75, 3.05) is 12.4 Å². The second-order valence-corrected chi connectivity index (χ2v) is 18.0. The van der Waals surface area contributed by atoms with Gasteiger partial charge in [0.15, 0.2) is 0 Å². The van der Waals surface area contributed by atoms with Crippen molar-refractivity contribution in [2.45, 2.75) is 155 Å². The molecule has 34 heavy (non-hydrogen) atoms. The van der Waals surface area contributed by atoms with Crippen LogP contribution >= 0.6 is 50.0 Å². The summed E-state index contributed by atoms with van der Waals surface area (Å²) in [6, 6.07) is 0. The summed E-state index contributed by atoms with van der Waals surface area (Å²) >= 11 is 10.5. The summed E-state index contributed by atoms with van der Waals surface area (Å²) < 4.78 is 4.70.